The van der Waals surface area contributed by atoms with Gasteiger partial charge in [-0.05, 0) is 49.9 Å². The fourth-order valence-corrected chi connectivity index (χ4v) is 4.20. The van der Waals surface area contributed by atoms with Gasteiger partial charge in [-0.1, -0.05) is 0 Å². The van der Waals surface area contributed by atoms with E-state index in [2.05, 4.69) is 14.7 Å². The van der Waals surface area contributed by atoms with Crippen molar-refractivity contribution in [3.8, 4) is 11.8 Å². The van der Waals surface area contributed by atoms with Gasteiger partial charge in [0.1, 0.15) is 11.9 Å². The third-order valence-electron chi connectivity index (χ3n) is 4.22. The number of sulfonamides is 1. The largest absolute Gasteiger partial charge is 0.477 e. The molecule has 2 aromatic rings. The Kier molecular flexibility index (Phi) is 5.67. The van der Waals surface area contributed by atoms with E-state index in [1.165, 1.54) is 31.6 Å². The van der Waals surface area contributed by atoms with Crippen molar-refractivity contribution in [1.29, 1.82) is 0 Å². The second-order valence-corrected chi connectivity index (χ2v) is 7.75. The molecule has 140 valence electrons. The van der Waals surface area contributed by atoms with Crippen LogP contribution < -0.4 is 14.2 Å². The van der Waals surface area contributed by atoms with Crippen LogP contribution in [0.5, 0.6) is 11.8 Å². The molecule has 1 fully saturated rings. The monoisotopic (exact) mass is 381 g/mol. The Hall–Kier alpha value is -2.26. The van der Waals surface area contributed by atoms with Gasteiger partial charge in [0.25, 0.3) is 11.8 Å². The van der Waals surface area contributed by atoms with E-state index in [4.69, 9.17) is 9.47 Å². The van der Waals surface area contributed by atoms with E-state index in [1.54, 1.807) is 0 Å². The summed E-state index contributed by atoms with van der Waals surface area (Å²) in [5.41, 5.74) is 0. The summed E-state index contributed by atoms with van der Waals surface area (Å²) >= 11 is 0. The lowest BCUT2D eigenvalue weighted by Crippen LogP contribution is -2.39. The summed E-state index contributed by atoms with van der Waals surface area (Å²) in [5, 5.41) is 0. The number of nitrogens with one attached hydrogen (secondary N) is 1. The van der Waals surface area contributed by atoms with Gasteiger partial charge in [0, 0.05) is 18.4 Å². The predicted molar refractivity (Wildman–Crippen MR) is 92.0 cm³/mol. The van der Waals surface area contributed by atoms with Crippen LogP contribution in [-0.2, 0) is 10.0 Å². The van der Waals surface area contributed by atoms with Crippen LogP contribution in [0.25, 0.3) is 0 Å². The summed E-state index contributed by atoms with van der Waals surface area (Å²) < 4.78 is 51.3. The summed E-state index contributed by atoms with van der Waals surface area (Å²) in [6.45, 7) is 0. The maximum atomic E-state index is 13.0. The van der Waals surface area contributed by atoms with Gasteiger partial charge in [-0.15, -0.1) is 0 Å². The van der Waals surface area contributed by atoms with E-state index in [0.29, 0.717) is 37.4 Å². The highest BCUT2D eigenvalue weighted by Gasteiger charge is 2.27. The minimum Gasteiger partial charge on any atom is -0.477 e. The second-order valence-electron chi connectivity index (χ2n) is 6.04. The molecular formula is C17H20FN3O4S. The van der Waals surface area contributed by atoms with E-state index < -0.39 is 15.8 Å². The number of rotatable bonds is 6. The van der Waals surface area contributed by atoms with Crippen molar-refractivity contribution in [2.75, 3.05) is 7.11 Å². The van der Waals surface area contributed by atoms with Gasteiger partial charge in [-0.25, -0.2) is 27.5 Å². The number of ether oxygens (including phenoxy) is 2. The molecule has 1 aliphatic rings. The van der Waals surface area contributed by atoms with Crippen LogP contribution in [0.1, 0.15) is 25.7 Å². The van der Waals surface area contributed by atoms with Gasteiger partial charge in [0.05, 0.1) is 12.0 Å². The molecule has 0 aliphatic heterocycles. The number of hydrogen-bond acceptors (Lipinski definition) is 6. The molecule has 1 saturated carbocycles. The smallest absolute Gasteiger partial charge is 0.278 e. The highest BCUT2D eigenvalue weighted by molar-refractivity contribution is 7.89. The van der Waals surface area contributed by atoms with Crippen molar-refractivity contribution in [2.24, 2.45) is 0 Å². The lowest BCUT2D eigenvalue weighted by atomic mass is 9.94. The fraction of sp³-hybridized carbons (Fsp3) is 0.412. The van der Waals surface area contributed by atoms with Gasteiger partial charge >= 0.3 is 0 Å². The Balaban J connectivity index is 1.56. The highest BCUT2D eigenvalue weighted by Crippen LogP contribution is 2.27. The Morgan fingerprint density at radius 1 is 1.04 bits per heavy atom. The number of benzene rings is 1. The van der Waals surface area contributed by atoms with E-state index >= 15 is 0 Å². The first kappa shape index (κ1) is 18.5. The maximum Gasteiger partial charge on any atom is 0.278 e. The molecule has 3 rings (SSSR count). The zero-order chi connectivity index (χ0) is 18.6. The molecule has 7 nitrogen and oxygen atoms in total. The predicted octanol–water partition coefficient (Wildman–Crippen LogP) is 2.29. The van der Waals surface area contributed by atoms with E-state index in [-0.39, 0.29) is 17.0 Å². The summed E-state index contributed by atoms with van der Waals surface area (Å²) in [7, 11) is -2.17. The Labute approximate surface area is 151 Å². The van der Waals surface area contributed by atoms with Crippen molar-refractivity contribution < 1.29 is 22.3 Å². The highest BCUT2D eigenvalue weighted by atomic mass is 32.2. The molecule has 0 amide bonds. The van der Waals surface area contributed by atoms with Gasteiger partial charge in [0.2, 0.25) is 10.0 Å². The van der Waals surface area contributed by atoms with Crippen LogP contribution in [0.15, 0.2) is 41.6 Å². The summed E-state index contributed by atoms with van der Waals surface area (Å²) in [6.07, 6.45) is 5.59. The number of methoxy groups -OCH3 is 1. The van der Waals surface area contributed by atoms with Gasteiger partial charge < -0.3 is 9.47 Å². The van der Waals surface area contributed by atoms with Crippen molar-refractivity contribution >= 4 is 10.0 Å². The Bertz CT molecular complexity index is 837. The Morgan fingerprint density at radius 3 is 2.27 bits per heavy atom. The second kappa shape index (κ2) is 7.96. The van der Waals surface area contributed by atoms with Crippen molar-refractivity contribution in [2.45, 2.75) is 42.7 Å². The zero-order valence-corrected chi connectivity index (χ0v) is 15.1. The first-order chi connectivity index (χ1) is 12.5. The lowest BCUT2D eigenvalue weighted by molar-refractivity contribution is 0.132. The van der Waals surface area contributed by atoms with E-state index in [1.807, 2.05) is 0 Å². The summed E-state index contributed by atoms with van der Waals surface area (Å²) in [5.74, 6) is 0.193. The quantitative estimate of drug-likeness (QED) is 0.826. The van der Waals surface area contributed by atoms with Crippen molar-refractivity contribution in [3.63, 3.8) is 0 Å². The van der Waals surface area contributed by atoms with Crippen LogP contribution in [0.4, 0.5) is 4.39 Å². The number of aromatic nitrogens is 2. The first-order valence-electron chi connectivity index (χ1n) is 8.27. The third kappa shape index (κ3) is 4.47. The van der Waals surface area contributed by atoms with Crippen LogP contribution in [0, 0.1) is 5.82 Å². The zero-order valence-electron chi connectivity index (χ0n) is 14.3. The summed E-state index contributed by atoms with van der Waals surface area (Å²) in [4.78, 5) is 8.21. The molecule has 0 radical (unpaired) electrons. The molecule has 0 spiro atoms. The van der Waals surface area contributed by atoms with Crippen LogP contribution >= 0.6 is 0 Å². The van der Waals surface area contributed by atoms with Gasteiger partial charge in [0.15, 0.2) is 0 Å². The van der Waals surface area contributed by atoms with Crippen LogP contribution in [-0.4, -0.2) is 37.6 Å². The molecule has 1 heterocycles. The maximum absolute atomic E-state index is 13.0. The SMILES string of the molecule is COc1nccnc1OC1CCC(NS(=O)(=O)c2ccc(F)cc2)CC1. The average Bonchev–Trinajstić information content (AvgIpc) is 2.64. The molecule has 0 bridgehead atoms. The summed E-state index contributed by atoms with van der Waals surface area (Å²) in [6, 6.07) is 4.59. The first-order valence-corrected chi connectivity index (χ1v) is 9.76. The molecule has 1 aromatic heterocycles. The minimum atomic E-state index is -3.66. The standard InChI is InChI=1S/C17H20FN3O4S/c1-24-16-17(20-11-10-19-16)25-14-6-4-13(5-7-14)21-26(22,23)15-8-2-12(18)3-9-15/h2-3,8-11,13-14,21H,4-7H2,1H3. The minimum absolute atomic E-state index is 0.0570. The van der Waals surface area contributed by atoms with E-state index in [9.17, 15) is 12.8 Å². The molecule has 1 aliphatic carbocycles. The third-order valence-corrected chi connectivity index (χ3v) is 5.76. The van der Waals surface area contributed by atoms with Crippen LogP contribution in [0.2, 0.25) is 0 Å². The Morgan fingerprint density at radius 2 is 1.65 bits per heavy atom. The molecule has 1 N–H and O–H groups in total. The molecule has 0 atom stereocenters. The molecule has 0 saturated heterocycles. The lowest BCUT2D eigenvalue weighted by Gasteiger charge is -2.29. The van der Waals surface area contributed by atoms with Gasteiger partial charge in [-0.3, -0.25) is 0 Å². The van der Waals surface area contributed by atoms with Crippen molar-refractivity contribution in [1.82, 2.24) is 14.7 Å². The van der Waals surface area contributed by atoms with E-state index in [0.717, 1.165) is 12.1 Å². The van der Waals surface area contributed by atoms with Crippen molar-refractivity contribution in [3.05, 3.63) is 42.5 Å². The number of hydrogen-bond donors (Lipinski definition) is 1. The molecule has 0 unspecified atom stereocenters. The number of nitrogens with zero attached hydrogens (tertiary/aromatic N) is 2. The van der Waals surface area contributed by atoms with Gasteiger partial charge in [-0.2, -0.15) is 0 Å². The molecule has 26 heavy (non-hydrogen) atoms. The molecular weight excluding hydrogens is 361 g/mol. The fourth-order valence-electron chi connectivity index (χ4n) is 2.89. The topological polar surface area (TPSA) is 90.4 Å². The van der Waals surface area contributed by atoms with Crippen LogP contribution in [0.3, 0.4) is 0 Å². The molecule has 1 aromatic carbocycles. The average molecular weight is 381 g/mol. The normalized spacial score (nSPS) is 20.5. The molecule has 9 heteroatoms. The number of halogens is 1.